The fourth-order valence-corrected chi connectivity index (χ4v) is 2.21. The summed E-state index contributed by atoms with van der Waals surface area (Å²) in [6.45, 7) is 1.37. The van der Waals surface area contributed by atoms with Crippen molar-refractivity contribution in [1.82, 2.24) is 0 Å². The van der Waals surface area contributed by atoms with E-state index >= 15 is 0 Å². The molecule has 0 spiro atoms. The molecule has 0 aliphatic carbocycles. The van der Waals surface area contributed by atoms with Crippen molar-refractivity contribution in [3.63, 3.8) is 0 Å². The largest absolute Gasteiger partial charge is 0.497 e. The van der Waals surface area contributed by atoms with Gasteiger partial charge in [0.05, 0.1) is 14.2 Å². The molecule has 1 atom stereocenters. The van der Waals surface area contributed by atoms with Crippen LogP contribution in [0.4, 0.5) is 0 Å². The number of ketones is 1. The predicted molar refractivity (Wildman–Crippen MR) is 94.3 cm³/mol. The summed E-state index contributed by atoms with van der Waals surface area (Å²) in [4.78, 5) is 35.5. The third-order valence-electron chi connectivity index (χ3n) is 3.05. The highest BCUT2D eigenvalue weighted by Crippen LogP contribution is 2.22. The summed E-state index contributed by atoms with van der Waals surface area (Å²) >= 11 is 1.35. The highest BCUT2D eigenvalue weighted by Gasteiger charge is 2.20. The summed E-state index contributed by atoms with van der Waals surface area (Å²) in [6.07, 6.45) is 3.83. The van der Waals surface area contributed by atoms with Gasteiger partial charge in [-0.15, -0.1) is 0 Å². The molecule has 6 nitrogen and oxygen atoms in total. The van der Waals surface area contributed by atoms with Crippen LogP contribution in [0.1, 0.15) is 6.92 Å². The summed E-state index contributed by atoms with van der Waals surface area (Å²) in [6, 6.07) is 7.37. The van der Waals surface area contributed by atoms with Gasteiger partial charge in [-0.05, 0) is 48.7 Å². The van der Waals surface area contributed by atoms with E-state index in [1.54, 1.807) is 12.5 Å². The Kier molecular flexibility index (Phi) is 9.10. The maximum Gasteiger partial charge on any atom is 0.330 e. The van der Waals surface area contributed by atoms with Crippen LogP contribution in [0.15, 0.2) is 52.8 Å². The van der Waals surface area contributed by atoms with Gasteiger partial charge in [0.1, 0.15) is 18.3 Å². The number of benzene rings is 1. The molecule has 0 aliphatic heterocycles. The van der Waals surface area contributed by atoms with E-state index in [4.69, 9.17) is 9.47 Å². The van der Waals surface area contributed by atoms with Crippen LogP contribution in [0.25, 0.3) is 0 Å². The van der Waals surface area contributed by atoms with Crippen molar-refractivity contribution in [3.05, 3.63) is 47.9 Å². The normalized spacial score (nSPS) is 12.1. The molecule has 0 aliphatic rings. The fraction of sp³-hybridized carbons (Fsp3) is 0.278. The Labute approximate surface area is 150 Å². The van der Waals surface area contributed by atoms with Crippen LogP contribution in [-0.4, -0.2) is 38.5 Å². The van der Waals surface area contributed by atoms with Gasteiger partial charge in [0.15, 0.2) is 5.78 Å². The van der Waals surface area contributed by atoms with Crippen LogP contribution in [0.3, 0.4) is 0 Å². The van der Waals surface area contributed by atoms with Crippen LogP contribution >= 0.6 is 11.8 Å². The topological polar surface area (TPSA) is 78.9 Å². The average molecular weight is 364 g/mol. The molecule has 0 bridgehead atoms. The third-order valence-corrected chi connectivity index (χ3v) is 3.87. The Balaban J connectivity index is 2.42. The molecule has 1 rings (SSSR count). The summed E-state index contributed by atoms with van der Waals surface area (Å²) < 4.78 is 14.4. The quantitative estimate of drug-likeness (QED) is 0.288. The summed E-state index contributed by atoms with van der Waals surface area (Å²) in [5.74, 6) is -1.72. The minimum Gasteiger partial charge on any atom is -0.497 e. The molecule has 0 saturated carbocycles. The van der Waals surface area contributed by atoms with Gasteiger partial charge in [-0.2, -0.15) is 0 Å². The molecule has 1 aromatic carbocycles. The van der Waals surface area contributed by atoms with Gasteiger partial charge in [0.25, 0.3) is 0 Å². The summed E-state index contributed by atoms with van der Waals surface area (Å²) in [5.41, 5.74) is 0. The lowest BCUT2D eigenvalue weighted by atomic mass is 10.1. The third kappa shape index (κ3) is 7.71. The Morgan fingerprint density at radius 1 is 1.12 bits per heavy atom. The molecule has 25 heavy (non-hydrogen) atoms. The Bertz CT molecular complexity index is 648. The van der Waals surface area contributed by atoms with Gasteiger partial charge in [-0.1, -0.05) is 11.8 Å². The number of carbonyl (C=O) groups excluding carboxylic acids is 3. The lowest BCUT2D eigenvalue weighted by Gasteiger charge is -2.06. The zero-order valence-corrected chi connectivity index (χ0v) is 15.1. The maximum atomic E-state index is 11.9. The van der Waals surface area contributed by atoms with Crippen LogP contribution in [-0.2, 0) is 23.9 Å². The first-order chi connectivity index (χ1) is 12.0. The van der Waals surface area contributed by atoms with Gasteiger partial charge in [-0.25, -0.2) is 4.79 Å². The molecule has 0 radical (unpaired) electrons. The van der Waals surface area contributed by atoms with E-state index in [1.165, 1.54) is 37.9 Å². The van der Waals surface area contributed by atoms with Crippen molar-refractivity contribution in [3.8, 4) is 5.75 Å². The maximum absolute atomic E-state index is 11.9. The van der Waals surface area contributed by atoms with Crippen molar-refractivity contribution in [2.75, 3.05) is 20.8 Å². The molecule has 0 amide bonds. The number of carbonyl (C=O) groups is 3. The molecular weight excluding hydrogens is 344 g/mol. The van der Waals surface area contributed by atoms with Gasteiger partial charge in [0.2, 0.25) is 0 Å². The molecule has 0 aromatic heterocycles. The second-order valence-corrected chi connectivity index (χ2v) is 5.76. The predicted octanol–water partition coefficient (Wildman–Crippen LogP) is 2.78. The molecular formula is C18H20O6S. The monoisotopic (exact) mass is 364 g/mol. The van der Waals surface area contributed by atoms with Crippen LogP contribution < -0.4 is 4.74 Å². The zero-order chi connectivity index (χ0) is 18.7. The zero-order valence-electron chi connectivity index (χ0n) is 14.3. The number of hydrogen-bond donors (Lipinski definition) is 0. The van der Waals surface area contributed by atoms with E-state index in [0.717, 1.165) is 16.7 Å². The number of thioether (sulfide) groups is 1. The Morgan fingerprint density at radius 2 is 1.80 bits per heavy atom. The molecule has 1 aromatic rings. The first-order valence-electron chi connectivity index (χ1n) is 7.40. The van der Waals surface area contributed by atoms with Crippen molar-refractivity contribution in [1.29, 1.82) is 0 Å². The molecule has 0 fully saturated rings. The second kappa shape index (κ2) is 11.1. The van der Waals surface area contributed by atoms with Crippen molar-refractivity contribution in [2.45, 2.75) is 11.8 Å². The molecule has 1 unspecified atom stereocenters. The van der Waals surface area contributed by atoms with Crippen LogP contribution in [0.5, 0.6) is 5.75 Å². The van der Waals surface area contributed by atoms with E-state index in [2.05, 4.69) is 4.74 Å². The van der Waals surface area contributed by atoms with Crippen molar-refractivity contribution in [2.24, 2.45) is 5.92 Å². The number of methoxy groups -OCH3 is 2. The number of hydrogen-bond acceptors (Lipinski definition) is 7. The highest BCUT2D eigenvalue weighted by molar-refractivity contribution is 8.02. The van der Waals surface area contributed by atoms with Crippen LogP contribution in [0.2, 0.25) is 0 Å². The van der Waals surface area contributed by atoms with Gasteiger partial charge >= 0.3 is 11.9 Å². The lowest BCUT2D eigenvalue weighted by Crippen LogP contribution is -2.22. The number of allylic oxidation sites excluding steroid dienone is 1. The van der Waals surface area contributed by atoms with E-state index in [9.17, 15) is 14.4 Å². The van der Waals surface area contributed by atoms with Crippen LogP contribution in [0, 0.1) is 5.92 Å². The minimum atomic E-state index is -0.917. The van der Waals surface area contributed by atoms with Gasteiger partial charge < -0.3 is 14.2 Å². The molecule has 0 N–H and O–H groups in total. The Hall–Kier alpha value is -2.54. The first-order valence-corrected chi connectivity index (χ1v) is 8.28. The molecule has 7 heteroatoms. The smallest absolute Gasteiger partial charge is 0.330 e. The summed E-state index contributed by atoms with van der Waals surface area (Å²) in [5, 5.41) is 1.62. The van der Waals surface area contributed by atoms with Gasteiger partial charge in [-0.3, -0.25) is 9.59 Å². The Morgan fingerprint density at radius 3 is 2.40 bits per heavy atom. The molecule has 134 valence electrons. The molecule has 0 saturated heterocycles. The fourth-order valence-electron chi connectivity index (χ4n) is 1.56. The van der Waals surface area contributed by atoms with E-state index in [-0.39, 0.29) is 12.4 Å². The first kappa shape index (κ1) is 20.5. The second-order valence-electron chi connectivity index (χ2n) is 4.78. The number of rotatable bonds is 9. The van der Waals surface area contributed by atoms with Crippen molar-refractivity contribution < 1.29 is 28.6 Å². The lowest BCUT2D eigenvalue weighted by molar-refractivity contribution is -0.149. The standard InChI is InChI=1S/C18H20O6S/c1-13(18(21)24-11-4-5-17(20)23-3)16(19)10-12-25-15-8-6-14(22-2)7-9-15/h4-10,12-13H,11H2,1-3H3/b5-4+,12-10+. The average Bonchev–Trinajstić information content (AvgIpc) is 2.64. The highest BCUT2D eigenvalue weighted by atomic mass is 32.2. The van der Waals surface area contributed by atoms with E-state index < -0.39 is 17.9 Å². The van der Waals surface area contributed by atoms with E-state index in [0.29, 0.717) is 0 Å². The number of esters is 2. The van der Waals surface area contributed by atoms with E-state index in [1.807, 2.05) is 24.3 Å². The van der Waals surface area contributed by atoms with Gasteiger partial charge in [0, 0.05) is 11.0 Å². The summed E-state index contributed by atoms with van der Waals surface area (Å²) in [7, 11) is 2.84. The number of ether oxygens (including phenoxy) is 3. The van der Waals surface area contributed by atoms with Crippen molar-refractivity contribution >= 4 is 29.5 Å². The molecule has 0 heterocycles. The SMILES string of the molecule is COC(=O)/C=C/COC(=O)C(C)C(=O)/C=C/Sc1ccc(OC)cc1. The minimum absolute atomic E-state index is 0.101.